The Morgan fingerprint density at radius 1 is 1.33 bits per heavy atom. The second-order valence-electron chi connectivity index (χ2n) is 3.91. The first-order chi connectivity index (χ1) is 8.61. The number of aliphatic carboxylic acids is 1. The van der Waals surface area contributed by atoms with Crippen LogP contribution in [0.3, 0.4) is 0 Å². The number of allylic oxidation sites excluding steroid dienone is 1. The minimum Gasteiger partial charge on any atom is -0.477 e. The lowest BCUT2D eigenvalue weighted by Crippen LogP contribution is -2.29. The first-order valence-corrected chi connectivity index (χ1v) is 5.55. The van der Waals surface area contributed by atoms with Gasteiger partial charge in [0, 0.05) is 0 Å². The minimum absolute atomic E-state index is 0.0244. The molecule has 1 aromatic carbocycles. The Morgan fingerprint density at radius 2 is 2.00 bits per heavy atom. The Bertz CT molecular complexity index is 507. The number of carbonyl (C=O) groups excluding carboxylic acids is 1. The molecule has 1 saturated heterocycles. The SMILES string of the molecule is C/C(=C(\C(=O)O)N1CCOC1=O)c1ccccc1. The van der Waals surface area contributed by atoms with Gasteiger partial charge >= 0.3 is 12.1 Å². The highest BCUT2D eigenvalue weighted by molar-refractivity contribution is 5.99. The number of carboxylic acids is 1. The maximum Gasteiger partial charge on any atom is 0.414 e. The molecule has 0 radical (unpaired) electrons. The van der Waals surface area contributed by atoms with E-state index in [4.69, 9.17) is 4.74 Å². The largest absolute Gasteiger partial charge is 0.477 e. The van der Waals surface area contributed by atoms with Crippen LogP contribution in [0.25, 0.3) is 5.57 Å². The summed E-state index contributed by atoms with van der Waals surface area (Å²) < 4.78 is 4.77. The summed E-state index contributed by atoms with van der Waals surface area (Å²) in [6, 6.07) is 9.10. The van der Waals surface area contributed by atoms with Crippen LogP contribution in [0.2, 0.25) is 0 Å². The van der Waals surface area contributed by atoms with Gasteiger partial charge in [-0.25, -0.2) is 9.59 Å². The van der Waals surface area contributed by atoms with Crippen molar-refractivity contribution >= 4 is 17.6 Å². The Morgan fingerprint density at radius 3 is 2.50 bits per heavy atom. The maximum absolute atomic E-state index is 11.5. The normalized spacial score (nSPS) is 16.3. The lowest BCUT2D eigenvalue weighted by atomic mass is 10.0. The molecule has 0 bridgehead atoms. The van der Waals surface area contributed by atoms with Crippen molar-refractivity contribution in [1.82, 2.24) is 4.90 Å². The van der Waals surface area contributed by atoms with E-state index in [0.717, 1.165) is 10.5 Å². The van der Waals surface area contributed by atoms with E-state index in [1.54, 1.807) is 19.1 Å². The number of cyclic esters (lactones) is 1. The Hall–Kier alpha value is -2.30. The minimum atomic E-state index is -1.13. The fourth-order valence-electron chi connectivity index (χ4n) is 1.90. The molecular formula is C13H13NO4. The van der Waals surface area contributed by atoms with Gasteiger partial charge < -0.3 is 9.84 Å². The average molecular weight is 247 g/mol. The molecule has 5 nitrogen and oxygen atoms in total. The molecule has 1 heterocycles. The molecule has 0 saturated carbocycles. The van der Waals surface area contributed by atoms with E-state index >= 15 is 0 Å². The molecular weight excluding hydrogens is 234 g/mol. The quantitative estimate of drug-likeness (QED) is 0.829. The topological polar surface area (TPSA) is 66.8 Å². The molecule has 5 heteroatoms. The van der Waals surface area contributed by atoms with E-state index in [2.05, 4.69) is 0 Å². The van der Waals surface area contributed by atoms with E-state index in [1.165, 1.54) is 0 Å². The van der Waals surface area contributed by atoms with Gasteiger partial charge in [-0.1, -0.05) is 30.3 Å². The van der Waals surface area contributed by atoms with Gasteiger partial charge in [0.2, 0.25) is 0 Å². The maximum atomic E-state index is 11.5. The lowest BCUT2D eigenvalue weighted by Gasteiger charge is -2.16. The van der Waals surface area contributed by atoms with Gasteiger partial charge in [-0.05, 0) is 18.1 Å². The summed E-state index contributed by atoms with van der Waals surface area (Å²) in [5.41, 5.74) is 1.29. The smallest absolute Gasteiger partial charge is 0.414 e. The van der Waals surface area contributed by atoms with Crippen LogP contribution in [0.1, 0.15) is 12.5 Å². The Kier molecular flexibility index (Phi) is 3.32. The highest BCUT2D eigenvalue weighted by atomic mass is 16.6. The van der Waals surface area contributed by atoms with Crippen molar-refractivity contribution < 1.29 is 19.4 Å². The van der Waals surface area contributed by atoms with Crippen molar-refractivity contribution in [1.29, 1.82) is 0 Å². The van der Waals surface area contributed by atoms with Crippen LogP contribution < -0.4 is 0 Å². The molecule has 1 aromatic rings. The Balaban J connectivity index is 2.47. The zero-order valence-corrected chi connectivity index (χ0v) is 9.92. The predicted molar refractivity (Wildman–Crippen MR) is 64.7 cm³/mol. The molecule has 1 aliphatic rings. The molecule has 94 valence electrons. The molecule has 18 heavy (non-hydrogen) atoms. The summed E-state index contributed by atoms with van der Waals surface area (Å²) in [7, 11) is 0. The highest BCUT2D eigenvalue weighted by Gasteiger charge is 2.31. The van der Waals surface area contributed by atoms with Gasteiger partial charge in [-0.15, -0.1) is 0 Å². The van der Waals surface area contributed by atoms with Crippen LogP contribution in [0.5, 0.6) is 0 Å². The second kappa shape index (κ2) is 4.91. The molecule has 0 atom stereocenters. The van der Waals surface area contributed by atoms with Crippen molar-refractivity contribution in [2.24, 2.45) is 0 Å². The van der Waals surface area contributed by atoms with Crippen molar-refractivity contribution in [3.05, 3.63) is 41.6 Å². The third-order valence-corrected chi connectivity index (χ3v) is 2.80. The number of benzene rings is 1. The van der Waals surface area contributed by atoms with E-state index in [1.807, 2.05) is 18.2 Å². The molecule has 0 aliphatic carbocycles. The molecule has 0 spiro atoms. The number of rotatable bonds is 3. The molecule has 1 amide bonds. The number of hydrogen-bond acceptors (Lipinski definition) is 3. The predicted octanol–water partition coefficient (Wildman–Crippen LogP) is 1.95. The summed E-state index contributed by atoms with van der Waals surface area (Å²) in [4.78, 5) is 24.0. The van der Waals surface area contributed by atoms with Crippen LogP contribution in [0.15, 0.2) is 36.0 Å². The van der Waals surface area contributed by atoms with Gasteiger partial charge in [0.15, 0.2) is 0 Å². The lowest BCUT2D eigenvalue weighted by molar-refractivity contribution is -0.133. The summed E-state index contributed by atoms with van der Waals surface area (Å²) >= 11 is 0. The zero-order valence-electron chi connectivity index (χ0n) is 9.92. The fraction of sp³-hybridized carbons (Fsp3) is 0.231. The molecule has 2 rings (SSSR count). The third-order valence-electron chi connectivity index (χ3n) is 2.80. The first kappa shape index (κ1) is 12.2. The van der Waals surface area contributed by atoms with Crippen LogP contribution in [-0.2, 0) is 9.53 Å². The molecule has 0 aromatic heterocycles. The van der Waals surface area contributed by atoms with E-state index < -0.39 is 12.1 Å². The van der Waals surface area contributed by atoms with Gasteiger partial charge in [-0.3, -0.25) is 4.90 Å². The van der Waals surface area contributed by atoms with E-state index in [-0.39, 0.29) is 18.8 Å². The second-order valence-corrected chi connectivity index (χ2v) is 3.91. The van der Waals surface area contributed by atoms with Gasteiger partial charge in [0.05, 0.1) is 6.54 Å². The number of ether oxygens (including phenoxy) is 1. The van der Waals surface area contributed by atoms with Crippen LogP contribution in [0.4, 0.5) is 4.79 Å². The van der Waals surface area contributed by atoms with E-state index in [9.17, 15) is 14.7 Å². The standard InChI is InChI=1S/C13H13NO4/c1-9(10-5-3-2-4-6-10)11(12(15)16)14-7-8-18-13(14)17/h2-6H,7-8H2,1H3,(H,15,16)/b11-9-. The first-order valence-electron chi connectivity index (χ1n) is 5.55. The van der Waals surface area contributed by atoms with Gasteiger partial charge in [-0.2, -0.15) is 0 Å². The van der Waals surface area contributed by atoms with Crippen molar-refractivity contribution in [3.8, 4) is 0 Å². The van der Waals surface area contributed by atoms with E-state index in [0.29, 0.717) is 5.57 Å². The van der Waals surface area contributed by atoms with Crippen LogP contribution in [-0.4, -0.2) is 35.2 Å². The molecule has 1 aliphatic heterocycles. The van der Waals surface area contributed by atoms with Gasteiger partial charge in [0.1, 0.15) is 12.3 Å². The number of carboxylic acid groups (broad SMARTS) is 1. The van der Waals surface area contributed by atoms with Crippen LogP contribution in [0, 0.1) is 0 Å². The summed E-state index contributed by atoms with van der Waals surface area (Å²) in [5, 5.41) is 9.28. The highest BCUT2D eigenvalue weighted by Crippen LogP contribution is 2.23. The van der Waals surface area contributed by atoms with Crippen molar-refractivity contribution in [3.63, 3.8) is 0 Å². The number of amides is 1. The Labute approximate surface area is 104 Å². The number of hydrogen-bond donors (Lipinski definition) is 1. The summed E-state index contributed by atoms with van der Waals surface area (Å²) in [5.74, 6) is -1.13. The number of nitrogens with zero attached hydrogens (tertiary/aromatic N) is 1. The monoisotopic (exact) mass is 247 g/mol. The van der Waals surface area contributed by atoms with Crippen molar-refractivity contribution in [2.45, 2.75) is 6.92 Å². The van der Waals surface area contributed by atoms with Crippen molar-refractivity contribution in [2.75, 3.05) is 13.2 Å². The summed E-state index contributed by atoms with van der Waals surface area (Å²) in [6.07, 6.45) is -0.609. The van der Waals surface area contributed by atoms with Gasteiger partial charge in [0.25, 0.3) is 0 Å². The van der Waals surface area contributed by atoms with Crippen LogP contribution >= 0.6 is 0 Å². The zero-order chi connectivity index (χ0) is 13.1. The summed E-state index contributed by atoms with van der Waals surface area (Å²) in [6.45, 7) is 2.17. The molecule has 1 N–H and O–H groups in total. The third kappa shape index (κ3) is 2.20. The molecule has 1 fully saturated rings. The fourth-order valence-corrected chi connectivity index (χ4v) is 1.90. The average Bonchev–Trinajstić information content (AvgIpc) is 2.76. The molecule has 0 unspecified atom stereocenters. The number of carbonyl (C=O) groups is 2.